The van der Waals surface area contributed by atoms with Crippen LogP contribution in [0, 0.1) is 12.8 Å². The zero-order valence-electron chi connectivity index (χ0n) is 18.3. The van der Waals surface area contributed by atoms with Gasteiger partial charge in [0.05, 0.1) is 24.0 Å². The van der Waals surface area contributed by atoms with E-state index in [4.69, 9.17) is 4.74 Å². The maximum absolute atomic E-state index is 12.9. The summed E-state index contributed by atoms with van der Waals surface area (Å²) >= 11 is 0. The number of nitrogens with one attached hydrogen (secondary N) is 1. The number of hydrogen-bond acceptors (Lipinski definition) is 6. The molecule has 1 N–H and O–H groups in total. The third-order valence-corrected chi connectivity index (χ3v) is 7.61. The second-order valence-corrected chi connectivity index (χ2v) is 9.24. The Kier molecular flexibility index (Phi) is 8.66. The first-order chi connectivity index (χ1) is 14.2. The fourth-order valence-corrected chi connectivity index (χ4v) is 5.31. The minimum Gasteiger partial charge on any atom is -0.466 e. The van der Waals surface area contributed by atoms with E-state index in [1.807, 2.05) is 13.8 Å². The van der Waals surface area contributed by atoms with Gasteiger partial charge in [0.2, 0.25) is 15.9 Å². The lowest BCUT2D eigenvalue weighted by atomic mass is 9.97. The molecule has 8 nitrogen and oxygen atoms in total. The molecule has 0 unspecified atom stereocenters. The van der Waals surface area contributed by atoms with Crippen LogP contribution < -0.4 is 5.32 Å². The molecule has 1 saturated heterocycles. The second-order valence-electron chi connectivity index (χ2n) is 7.33. The number of rotatable bonds is 9. The highest BCUT2D eigenvalue weighted by Gasteiger charge is 2.28. The lowest BCUT2D eigenvalue weighted by Gasteiger charge is -2.31. The standard InChI is InChI=1S/C21H33N3O5S/c1-5-24(6-2)30(27,28)19-14-18(9-8-16(19)4)22-15-20(25)23-12-10-17(11-13-23)21(26)29-7-3/h8-9,14,17,22H,5-7,10-13,15H2,1-4H3. The monoisotopic (exact) mass is 439 g/mol. The minimum absolute atomic E-state index is 0.0674. The van der Waals surface area contributed by atoms with Gasteiger partial charge in [-0.15, -0.1) is 0 Å². The molecule has 0 saturated carbocycles. The maximum Gasteiger partial charge on any atom is 0.309 e. The molecule has 0 bridgehead atoms. The number of benzene rings is 1. The number of carbonyl (C=O) groups excluding carboxylic acids is 2. The van der Waals surface area contributed by atoms with Crippen LogP contribution >= 0.6 is 0 Å². The van der Waals surface area contributed by atoms with Crippen LogP contribution in [-0.2, 0) is 24.3 Å². The normalized spacial score (nSPS) is 15.3. The van der Waals surface area contributed by atoms with Crippen molar-refractivity contribution in [2.75, 3.05) is 44.6 Å². The molecule has 0 aromatic heterocycles. The molecule has 0 atom stereocenters. The summed E-state index contributed by atoms with van der Waals surface area (Å²) in [6.07, 6.45) is 1.20. The van der Waals surface area contributed by atoms with E-state index in [0.717, 1.165) is 0 Å². The van der Waals surface area contributed by atoms with Gasteiger partial charge in [-0.25, -0.2) is 8.42 Å². The first-order valence-electron chi connectivity index (χ1n) is 10.5. The average Bonchev–Trinajstić information content (AvgIpc) is 2.73. The van der Waals surface area contributed by atoms with Crippen LogP contribution in [0.3, 0.4) is 0 Å². The van der Waals surface area contributed by atoms with Crippen LogP contribution in [-0.4, -0.2) is 68.8 Å². The largest absolute Gasteiger partial charge is 0.466 e. The molecule has 9 heteroatoms. The van der Waals surface area contributed by atoms with Crippen molar-refractivity contribution >= 4 is 27.6 Å². The molecule has 30 heavy (non-hydrogen) atoms. The van der Waals surface area contributed by atoms with Crippen LogP contribution in [0.2, 0.25) is 0 Å². The summed E-state index contributed by atoms with van der Waals surface area (Å²) in [5.74, 6) is -0.415. The lowest BCUT2D eigenvalue weighted by Crippen LogP contribution is -2.43. The first-order valence-corrected chi connectivity index (χ1v) is 12.0. The van der Waals surface area contributed by atoms with Gasteiger partial charge in [-0.1, -0.05) is 19.9 Å². The number of sulfonamides is 1. The molecule has 0 spiro atoms. The molecule has 1 fully saturated rings. The van der Waals surface area contributed by atoms with Gasteiger partial charge in [0.15, 0.2) is 0 Å². The van der Waals surface area contributed by atoms with Crippen molar-refractivity contribution in [1.29, 1.82) is 0 Å². The Labute approximate surface area is 179 Å². The van der Waals surface area contributed by atoms with Crippen molar-refractivity contribution in [2.45, 2.75) is 45.4 Å². The molecule has 1 aromatic rings. The van der Waals surface area contributed by atoms with E-state index < -0.39 is 10.0 Å². The fraction of sp³-hybridized carbons (Fsp3) is 0.619. The molecule has 1 aromatic carbocycles. The highest BCUT2D eigenvalue weighted by Crippen LogP contribution is 2.24. The van der Waals surface area contributed by atoms with Crippen molar-refractivity contribution in [2.24, 2.45) is 5.92 Å². The molecule has 1 aliphatic heterocycles. The van der Waals surface area contributed by atoms with Crippen molar-refractivity contribution in [3.8, 4) is 0 Å². The molecule has 1 heterocycles. The predicted molar refractivity (Wildman–Crippen MR) is 116 cm³/mol. The van der Waals surface area contributed by atoms with E-state index in [2.05, 4.69) is 5.32 Å². The van der Waals surface area contributed by atoms with E-state index in [0.29, 0.717) is 56.9 Å². The maximum atomic E-state index is 12.9. The molecule has 0 radical (unpaired) electrons. The molecule has 1 aliphatic rings. The third kappa shape index (κ3) is 5.72. The topological polar surface area (TPSA) is 96.0 Å². The van der Waals surface area contributed by atoms with E-state index in [9.17, 15) is 18.0 Å². The number of amides is 1. The van der Waals surface area contributed by atoms with Gasteiger partial charge < -0.3 is 15.0 Å². The summed E-state index contributed by atoms with van der Waals surface area (Å²) in [7, 11) is -3.58. The van der Waals surface area contributed by atoms with Gasteiger partial charge in [0.1, 0.15) is 0 Å². The molecule has 168 valence electrons. The average molecular weight is 440 g/mol. The molecule has 0 aliphatic carbocycles. The number of esters is 1. The highest BCUT2D eigenvalue weighted by atomic mass is 32.2. The van der Waals surface area contributed by atoms with Crippen LogP contribution in [0.25, 0.3) is 0 Å². The Balaban J connectivity index is 1.98. The van der Waals surface area contributed by atoms with Gasteiger partial charge in [-0.05, 0) is 44.4 Å². The number of carbonyl (C=O) groups is 2. The number of hydrogen-bond donors (Lipinski definition) is 1. The zero-order valence-corrected chi connectivity index (χ0v) is 19.1. The molecule has 1 amide bonds. The minimum atomic E-state index is -3.58. The quantitative estimate of drug-likeness (QED) is 0.593. The summed E-state index contributed by atoms with van der Waals surface area (Å²) < 4.78 is 32.2. The predicted octanol–water partition coefficient (Wildman–Crippen LogP) is 2.24. The van der Waals surface area contributed by atoms with Gasteiger partial charge in [0.25, 0.3) is 0 Å². The van der Waals surface area contributed by atoms with E-state index in [1.54, 1.807) is 36.9 Å². The van der Waals surface area contributed by atoms with E-state index in [1.165, 1.54) is 4.31 Å². The molecule has 2 rings (SSSR count). The summed E-state index contributed by atoms with van der Waals surface area (Å²) in [4.78, 5) is 26.3. The highest BCUT2D eigenvalue weighted by molar-refractivity contribution is 7.89. The summed E-state index contributed by atoms with van der Waals surface area (Å²) in [5, 5.41) is 3.04. The van der Waals surface area contributed by atoms with Gasteiger partial charge in [0, 0.05) is 31.9 Å². The van der Waals surface area contributed by atoms with Crippen LogP contribution in [0.4, 0.5) is 5.69 Å². The van der Waals surface area contributed by atoms with Gasteiger partial charge in [-0.3, -0.25) is 9.59 Å². The lowest BCUT2D eigenvalue weighted by molar-refractivity contribution is -0.151. The number of likely N-dealkylation sites (tertiary alicyclic amines) is 1. The summed E-state index contributed by atoms with van der Waals surface area (Å²) in [6, 6.07) is 5.11. The SMILES string of the molecule is CCOC(=O)C1CCN(C(=O)CNc2ccc(C)c(S(=O)(=O)N(CC)CC)c2)CC1. The molecular weight excluding hydrogens is 406 g/mol. The van der Waals surface area contributed by atoms with Crippen molar-refractivity contribution in [3.63, 3.8) is 0 Å². The Morgan fingerprint density at radius 3 is 2.37 bits per heavy atom. The third-order valence-electron chi connectivity index (χ3n) is 5.42. The van der Waals surface area contributed by atoms with Crippen LogP contribution in [0.5, 0.6) is 0 Å². The Morgan fingerprint density at radius 1 is 1.17 bits per heavy atom. The Bertz CT molecular complexity index is 844. The molecular formula is C21H33N3O5S. The number of aryl methyl sites for hydroxylation is 1. The second kappa shape index (κ2) is 10.8. The van der Waals surface area contributed by atoms with Gasteiger partial charge >= 0.3 is 5.97 Å². The number of ether oxygens (including phenoxy) is 1. The van der Waals surface area contributed by atoms with E-state index in [-0.39, 0.29) is 29.2 Å². The van der Waals surface area contributed by atoms with Crippen molar-refractivity contribution in [3.05, 3.63) is 23.8 Å². The van der Waals surface area contributed by atoms with Crippen LogP contribution in [0.1, 0.15) is 39.2 Å². The number of piperidine rings is 1. The van der Waals surface area contributed by atoms with E-state index >= 15 is 0 Å². The van der Waals surface area contributed by atoms with Gasteiger partial charge in [-0.2, -0.15) is 4.31 Å². The summed E-state index contributed by atoms with van der Waals surface area (Å²) in [5.41, 5.74) is 1.25. The van der Waals surface area contributed by atoms with Crippen molar-refractivity contribution < 1.29 is 22.7 Å². The van der Waals surface area contributed by atoms with Crippen LogP contribution in [0.15, 0.2) is 23.1 Å². The zero-order chi connectivity index (χ0) is 22.3. The number of nitrogens with zero attached hydrogens (tertiary/aromatic N) is 2. The Hall–Kier alpha value is -2.13. The van der Waals surface area contributed by atoms with Crippen molar-refractivity contribution in [1.82, 2.24) is 9.21 Å². The smallest absolute Gasteiger partial charge is 0.309 e. The first kappa shape index (κ1) is 24.1. The Morgan fingerprint density at radius 2 is 1.80 bits per heavy atom. The number of anilines is 1. The fourth-order valence-electron chi connectivity index (χ4n) is 3.60. The summed E-state index contributed by atoms with van der Waals surface area (Å²) in [6.45, 7) is 9.42.